The van der Waals surface area contributed by atoms with Crippen molar-refractivity contribution in [1.82, 2.24) is 0 Å². The lowest BCUT2D eigenvalue weighted by Crippen LogP contribution is -2.14. The summed E-state index contributed by atoms with van der Waals surface area (Å²) in [5, 5.41) is 0.0314. The van der Waals surface area contributed by atoms with Gasteiger partial charge in [-0.2, -0.15) is 0 Å². The molecule has 19 heavy (non-hydrogen) atoms. The topological polar surface area (TPSA) is 26.3 Å². The van der Waals surface area contributed by atoms with Gasteiger partial charge >= 0.3 is 0 Å². The van der Waals surface area contributed by atoms with Gasteiger partial charge in [0, 0.05) is 10.6 Å². The minimum absolute atomic E-state index is 0.566. The molecule has 0 N–H and O–H groups in total. The summed E-state index contributed by atoms with van der Waals surface area (Å²) in [4.78, 5) is 11.5. The second-order valence-electron chi connectivity index (χ2n) is 4.17. The highest BCUT2D eigenvalue weighted by Crippen LogP contribution is 2.25. The van der Waals surface area contributed by atoms with Crippen LogP contribution in [0.2, 0.25) is 5.02 Å². The molecular weight excluding hydrogens is 283 g/mol. The van der Waals surface area contributed by atoms with Crippen molar-refractivity contribution in [2.75, 3.05) is 0 Å². The highest BCUT2D eigenvalue weighted by molar-refractivity contribution is 6.64. The van der Waals surface area contributed by atoms with Crippen LogP contribution in [0.25, 0.3) is 0 Å². The minimum Gasteiger partial charge on any atom is -0.476 e. The van der Waals surface area contributed by atoms with Crippen molar-refractivity contribution in [1.29, 1.82) is 0 Å². The van der Waals surface area contributed by atoms with Gasteiger partial charge in [-0.3, -0.25) is 4.79 Å². The van der Waals surface area contributed by atoms with Crippen molar-refractivity contribution >= 4 is 28.4 Å². The molecule has 0 heterocycles. The SMILES string of the molecule is Cc1cccc(O[C@@H](C(=O)Cl)c2ccc(Cl)cc2)c1. The number of rotatable bonds is 4. The molecule has 0 bridgehead atoms. The van der Waals surface area contributed by atoms with Gasteiger partial charge in [-0.1, -0.05) is 35.9 Å². The third-order valence-electron chi connectivity index (χ3n) is 2.62. The third-order valence-corrected chi connectivity index (χ3v) is 3.07. The number of halogens is 2. The largest absolute Gasteiger partial charge is 0.476 e. The molecule has 0 saturated heterocycles. The van der Waals surface area contributed by atoms with Crippen molar-refractivity contribution < 1.29 is 9.53 Å². The van der Waals surface area contributed by atoms with Crippen LogP contribution in [0.1, 0.15) is 17.2 Å². The molecule has 98 valence electrons. The first kappa shape index (κ1) is 13.9. The van der Waals surface area contributed by atoms with Crippen LogP contribution in [0.4, 0.5) is 0 Å². The number of ether oxygens (including phenoxy) is 1. The maximum atomic E-state index is 11.5. The van der Waals surface area contributed by atoms with Crippen LogP contribution in [0.15, 0.2) is 48.5 Å². The molecule has 2 rings (SSSR count). The first-order chi connectivity index (χ1) is 9.06. The Bertz CT molecular complexity index is 579. The van der Waals surface area contributed by atoms with E-state index in [1.807, 2.05) is 25.1 Å². The third kappa shape index (κ3) is 3.72. The maximum absolute atomic E-state index is 11.5. The van der Waals surface area contributed by atoms with Gasteiger partial charge in [0.15, 0.2) is 6.10 Å². The van der Waals surface area contributed by atoms with E-state index in [9.17, 15) is 4.79 Å². The Morgan fingerprint density at radius 3 is 2.42 bits per heavy atom. The van der Waals surface area contributed by atoms with E-state index >= 15 is 0 Å². The standard InChI is InChI=1S/C15H12Cl2O2/c1-10-3-2-4-13(9-10)19-14(15(17)18)11-5-7-12(16)8-6-11/h2-9,14H,1H3/t14-/m1/s1. The van der Waals surface area contributed by atoms with Crippen LogP contribution in [0, 0.1) is 6.92 Å². The van der Waals surface area contributed by atoms with Crippen LogP contribution < -0.4 is 4.74 Å². The molecule has 0 fully saturated rings. The van der Waals surface area contributed by atoms with E-state index in [4.69, 9.17) is 27.9 Å². The molecule has 0 aliphatic rings. The molecule has 0 saturated carbocycles. The summed E-state index contributed by atoms with van der Waals surface area (Å²) in [6, 6.07) is 14.3. The predicted octanol–water partition coefficient (Wildman–Crippen LogP) is 4.53. The first-order valence-corrected chi connectivity index (χ1v) is 6.50. The monoisotopic (exact) mass is 294 g/mol. The van der Waals surface area contributed by atoms with Crippen LogP contribution >= 0.6 is 23.2 Å². The minimum atomic E-state index is -0.833. The molecule has 2 aromatic carbocycles. The molecule has 0 amide bonds. The molecule has 1 atom stereocenters. The molecule has 0 unspecified atom stereocenters. The summed E-state index contributed by atoms with van der Waals surface area (Å²) < 4.78 is 5.66. The lowest BCUT2D eigenvalue weighted by Gasteiger charge is -2.16. The highest BCUT2D eigenvalue weighted by Gasteiger charge is 2.20. The molecule has 0 aliphatic carbocycles. The average molecular weight is 295 g/mol. The Kier molecular flexibility index (Phi) is 4.46. The lowest BCUT2D eigenvalue weighted by molar-refractivity contribution is -0.118. The molecular formula is C15H12Cl2O2. The quantitative estimate of drug-likeness (QED) is 0.774. The van der Waals surface area contributed by atoms with Gasteiger partial charge in [-0.15, -0.1) is 0 Å². The predicted molar refractivity (Wildman–Crippen MR) is 76.9 cm³/mol. The summed E-state index contributed by atoms with van der Waals surface area (Å²) in [6.45, 7) is 1.95. The Labute approximate surface area is 121 Å². The molecule has 0 aromatic heterocycles. The van der Waals surface area contributed by atoms with Crippen LogP contribution in [-0.4, -0.2) is 5.24 Å². The fourth-order valence-electron chi connectivity index (χ4n) is 1.71. The van der Waals surface area contributed by atoms with Gasteiger partial charge in [0.25, 0.3) is 5.24 Å². The zero-order valence-electron chi connectivity index (χ0n) is 10.3. The molecule has 4 heteroatoms. The van der Waals surface area contributed by atoms with E-state index in [-0.39, 0.29) is 0 Å². The molecule has 0 spiro atoms. The summed E-state index contributed by atoms with van der Waals surface area (Å²) in [5.74, 6) is 0.606. The summed E-state index contributed by atoms with van der Waals surface area (Å²) in [7, 11) is 0. The normalized spacial score (nSPS) is 11.9. The van der Waals surface area contributed by atoms with E-state index < -0.39 is 11.3 Å². The summed E-state index contributed by atoms with van der Waals surface area (Å²) in [6.07, 6.45) is -0.833. The summed E-state index contributed by atoms with van der Waals surface area (Å²) >= 11 is 11.4. The van der Waals surface area contributed by atoms with E-state index in [2.05, 4.69) is 0 Å². The molecule has 0 radical (unpaired) electrons. The fraction of sp³-hybridized carbons (Fsp3) is 0.133. The Balaban J connectivity index is 2.26. The van der Waals surface area contributed by atoms with Crippen LogP contribution in [0.5, 0.6) is 5.75 Å². The van der Waals surface area contributed by atoms with Crippen molar-refractivity contribution in [2.24, 2.45) is 0 Å². The Hall–Kier alpha value is -1.51. The van der Waals surface area contributed by atoms with E-state index in [0.717, 1.165) is 5.56 Å². The average Bonchev–Trinajstić information content (AvgIpc) is 2.37. The van der Waals surface area contributed by atoms with Gasteiger partial charge in [-0.25, -0.2) is 0 Å². The fourth-order valence-corrected chi connectivity index (χ4v) is 2.00. The zero-order chi connectivity index (χ0) is 13.8. The molecule has 0 aliphatic heterocycles. The number of benzene rings is 2. The maximum Gasteiger partial charge on any atom is 0.267 e. The van der Waals surface area contributed by atoms with E-state index in [1.165, 1.54) is 0 Å². The number of hydrogen-bond donors (Lipinski definition) is 0. The van der Waals surface area contributed by atoms with Crippen molar-refractivity contribution in [3.05, 3.63) is 64.7 Å². The first-order valence-electron chi connectivity index (χ1n) is 5.74. The van der Waals surface area contributed by atoms with Gasteiger partial charge in [-0.05, 0) is 48.4 Å². The zero-order valence-corrected chi connectivity index (χ0v) is 11.8. The van der Waals surface area contributed by atoms with Gasteiger partial charge in [0.1, 0.15) is 5.75 Å². The van der Waals surface area contributed by atoms with Crippen molar-refractivity contribution in [3.63, 3.8) is 0 Å². The second-order valence-corrected chi connectivity index (χ2v) is 4.98. The summed E-state index contributed by atoms with van der Waals surface area (Å²) in [5.41, 5.74) is 1.72. The van der Waals surface area contributed by atoms with Gasteiger partial charge in [0.05, 0.1) is 0 Å². The Morgan fingerprint density at radius 2 is 1.84 bits per heavy atom. The molecule has 2 nitrogen and oxygen atoms in total. The number of carbonyl (C=O) groups is 1. The number of hydrogen-bond acceptors (Lipinski definition) is 2. The van der Waals surface area contributed by atoms with Crippen molar-refractivity contribution in [3.8, 4) is 5.75 Å². The van der Waals surface area contributed by atoms with Crippen molar-refractivity contribution in [2.45, 2.75) is 13.0 Å². The lowest BCUT2D eigenvalue weighted by atomic mass is 10.1. The molecule has 2 aromatic rings. The van der Waals surface area contributed by atoms with Gasteiger partial charge < -0.3 is 4.74 Å². The smallest absolute Gasteiger partial charge is 0.267 e. The number of aryl methyl sites for hydroxylation is 1. The van der Waals surface area contributed by atoms with Crippen LogP contribution in [-0.2, 0) is 4.79 Å². The van der Waals surface area contributed by atoms with E-state index in [0.29, 0.717) is 16.3 Å². The van der Waals surface area contributed by atoms with Gasteiger partial charge in [0.2, 0.25) is 0 Å². The second kappa shape index (κ2) is 6.09. The van der Waals surface area contributed by atoms with Crippen LogP contribution in [0.3, 0.4) is 0 Å². The highest BCUT2D eigenvalue weighted by atomic mass is 35.5. The van der Waals surface area contributed by atoms with E-state index in [1.54, 1.807) is 30.3 Å². The Morgan fingerprint density at radius 1 is 1.16 bits per heavy atom. The number of carbonyl (C=O) groups excluding carboxylic acids is 1.